The van der Waals surface area contributed by atoms with Gasteiger partial charge in [0, 0.05) is 25.3 Å². The molecule has 1 unspecified atom stereocenters. The lowest BCUT2D eigenvalue weighted by Crippen LogP contribution is -2.21. The summed E-state index contributed by atoms with van der Waals surface area (Å²) in [5.74, 6) is 0.764. The Morgan fingerprint density at radius 2 is 1.74 bits per heavy atom. The molecule has 2 nitrogen and oxygen atoms in total. The van der Waals surface area contributed by atoms with Gasteiger partial charge < -0.3 is 10.2 Å². The van der Waals surface area contributed by atoms with Gasteiger partial charge in [-0.05, 0) is 43.0 Å². The van der Waals surface area contributed by atoms with Gasteiger partial charge >= 0.3 is 0 Å². The highest BCUT2D eigenvalue weighted by molar-refractivity contribution is 5.47. The molecule has 0 aliphatic rings. The molecule has 1 atom stereocenters. The van der Waals surface area contributed by atoms with E-state index in [1.165, 1.54) is 17.7 Å². The molecule has 108 valence electrons. The normalized spacial score (nSPS) is 12.7. The van der Waals surface area contributed by atoms with Crippen LogP contribution in [0.2, 0.25) is 0 Å². The quantitative estimate of drug-likeness (QED) is 0.754. The van der Waals surface area contributed by atoms with Crippen molar-refractivity contribution in [2.75, 3.05) is 25.0 Å². The SMILES string of the molecule is CCNC(CC)c1ccc(N(C)CCC(C)C)cc1. The average Bonchev–Trinajstić information content (AvgIpc) is 2.42. The number of benzene rings is 1. The number of rotatable bonds is 8. The molecule has 0 amide bonds. The lowest BCUT2D eigenvalue weighted by molar-refractivity contribution is 0.537. The maximum Gasteiger partial charge on any atom is 0.0363 e. The average molecular weight is 262 g/mol. The summed E-state index contributed by atoms with van der Waals surface area (Å²) in [5.41, 5.74) is 2.71. The lowest BCUT2D eigenvalue weighted by atomic mass is 10.0. The number of anilines is 1. The molecule has 0 spiro atoms. The molecule has 0 radical (unpaired) electrons. The van der Waals surface area contributed by atoms with Crippen molar-refractivity contribution in [3.63, 3.8) is 0 Å². The van der Waals surface area contributed by atoms with Crippen LogP contribution in [-0.4, -0.2) is 20.1 Å². The zero-order valence-corrected chi connectivity index (χ0v) is 13.2. The summed E-state index contributed by atoms with van der Waals surface area (Å²) in [6.45, 7) is 11.1. The smallest absolute Gasteiger partial charge is 0.0363 e. The highest BCUT2D eigenvalue weighted by atomic mass is 15.1. The molecule has 1 rings (SSSR count). The van der Waals surface area contributed by atoms with E-state index in [4.69, 9.17) is 0 Å². The molecular weight excluding hydrogens is 232 g/mol. The van der Waals surface area contributed by atoms with Crippen molar-refractivity contribution < 1.29 is 0 Å². The van der Waals surface area contributed by atoms with E-state index in [2.05, 4.69) is 69.2 Å². The molecule has 0 aliphatic heterocycles. The first kappa shape index (κ1) is 16.0. The highest BCUT2D eigenvalue weighted by Crippen LogP contribution is 2.21. The summed E-state index contributed by atoms with van der Waals surface area (Å²) in [6, 6.07) is 9.50. The predicted octanol–water partition coefficient (Wildman–Crippen LogP) is 4.23. The third kappa shape index (κ3) is 5.23. The van der Waals surface area contributed by atoms with Crippen LogP contribution in [0.4, 0.5) is 5.69 Å². The summed E-state index contributed by atoms with van der Waals surface area (Å²) in [7, 11) is 2.18. The van der Waals surface area contributed by atoms with E-state index in [0.717, 1.165) is 25.4 Å². The second-order valence-electron chi connectivity index (χ2n) is 5.71. The van der Waals surface area contributed by atoms with Gasteiger partial charge in [-0.25, -0.2) is 0 Å². The van der Waals surface area contributed by atoms with Crippen molar-refractivity contribution in [3.8, 4) is 0 Å². The Labute approximate surface area is 119 Å². The van der Waals surface area contributed by atoms with E-state index in [-0.39, 0.29) is 0 Å². The molecule has 2 heteroatoms. The minimum absolute atomic E-state index is 0.486. The summed E-state index contributed by atoms with van der Waals surface area (Å²) >= 11 is 0. The summed E-state index contributed by atoms with van der Waals surface area (Å²) in [5, 5.41) is 3.52. The number of nitrogens with one attached hydrogen (secondary N) is 1. The van der Waals surface area contributed by atoms with Gasteiger partial charge in [0.05, 0.1) is 0 Å². The Balaban J connectivity index is 2.64. The van der Waals surface area contributed by atoms with Gasteiger partial charge in [0.1, 0.15) is 0 Å². The molecule has 1 N–H and O–H groups in total. The first-order valence-electron chi connectivity index (χ1n) is 7.62. The third-order valence-corrected chi connectivity index (χ3v) is 3.64. The minimum Gasteiger partial charge on any atom is -0.375 e. The van der Waals surface area contributed by atoms with Gasteiger partial charge in [-0.1, -0.05) is 39.8 Å². The van der Waals surface area contributed by atoms with Gasteiger partial charge in [-0.3, -0.25) is 0 Å². The Kier molecular flexibility index (Phi) is 6.93. The summed E-state index contributed by atoms with van der Waals surface area (Å²) in [6.07, 6.45) is 2.38. The predicted molar refractivity (Wildman–Crippen MR) is 85.9 cm³/mol. The molecule has 0 aliphatic carbocycles. The van der Waals surface area contributed by atoms with E-state index < -0.39 is 0 Å². The van der Waals surface area contributed by atoms with Crippen LogP contribution in [0, 0.1) is 5.92 Å². The van der Waals surface area contributed by atoms with Crippen molar-refractivity contribution in [1.29, 1.82) is 0 Å². The minimum atomic E-state index is 0.486. The van der Waals surface area contributed by atoms with Crippen LogP contribution < -0.4 is 10.2 Å². The molecule has 19 heavy (non-hydrogen) atoms. The van der Waals surface area contributed by atoms with E-state index in [1.807, 2.05) is 0 Å². The monoisotopic (exact) mass is 262 g/mol. The van der Waals surface area contributed by atoms with Crippen LogP contribution in [0.5, 0.6) is 0 Å². The number of nitrogens with zero attached hydrogens (tertiary/aromatic N) is 1. The molecule has 0 bridgehead atoms. The van der Waals surface area contributed by atoms with Crippen molar-refractivity contribution in [2.45, 2.75) is 46.6 Å². The molecule has 1 aromatic rings. The summed E-state index contributed by atoms with van der Waals surface area (Å²) in [4.78, 5) is 2.35. The van der Waals surface area contributed by atoms with E-state index in [9.17, 15) is 0 Å². The lowest BCUT2D eigenvalue weighted by Gasteiger charge is -2.22. The fraction of sp³-hybridized carbons (Fsp3) is 0.647. The Morgan fingerprint density at radius 1 is 1.11 bits per heavy atom. The largest absolute Gasteiger partial charge is 0.375 e. The van der Waals surface area contributed by atoms with E-state index in [0.29, 0.717) is 6.04 Å². The van der Waals surface area contributed by atoms with Crippen LogP contribution in [0.1, 0.15) is 52.1 Å². The fourth-order valence-corrected chi connectivity index (χ4v) is 2.29. The van der Waals surface area contributed by atoms with Crippen molar-refractivity contribution in [3.05, 3.63) is 29.8 Å². The highest BCUT2D eigenvalue weighted by Gasteiger charge is 2.08. The Bertz CT molecular complexity index is 343. The first-order chi connectivity index (χ1) is 9.08. The number of hydrogen-bond acceptors (Lipinski definition) is 2. The van der Waals surface area contributed by atoms with Crippen LogP contribution in [-0.2, 0) is 0 Å². The van der Waals surface area contributed by atoms with Gasteiger partial charge in [-0.15, -0.1) is 0 Å². The van der Waals surface area contributed by atoms with E-state index in [1.54, 1.807) is 0 Å². The molecule has 0 saturated carbocycles. The molecule has 1 aromatic carbocycles. The topological polar surface area (TPSA) is 15.3 Å². The van der Waals surface area contributed by atoms with Gasteiger partial charge in [0.15, 0.2) is 0 Å². The van der Waals surface area contributed by atoms with Crippen LogP contribution in [0.25, 0.3) is 0 Å². The zero-order valence-electron chi connectivity index (χ0n) is 13.2. The standard InChI is InChI=1S/C17H30N2/c1-6-17(18-7-2)15-8-10-16(11-9-15)19(5)13-12-14(3)4/h8-11,14,17-18H,6-7,12-13H2,1-5H3. The number of hydrogen-bond donors (Lipinski definition) is 1. The van der Waals surface area contributed by atoms with Gasteiger partial charge in [0.2, 0.25) is 0 Å². The maximum atomic E-state index is 3.52. The van der Waals surface area contributed by atoms with Crippen molar-refractivity contribution >= 4 is 5.69 Å². The molecular formula is C17H30N2. The van der Waals surface area contributed by atoms with E-state index >= 15 is 0 Å². The van der Waals surface area contributed by atoms with Gasteiger partial charge in [0.25, 0.3) is 0 Å². The van der Waals surface area contributed by atoms with Crippen molar-refractivity contribution in [2.24, 2.45) is 5.92 Å². The fourth-order valence-electron chi connectivity index (χ4n) is 2.29. The van der Waals surface area contributed by atoms with Crippen LogP contribution in [0.15, 0.2) is 24.3 Å². The summed E-state index contributed by atoms with van der Waals surface area (Å²) < 4.78 is 0. The second-order valence-corrected chi connectivity index (χ2v) is 5.71. The Hall–Kier alpha value is -1.02. The third-order valence-electron chi connectivity index (χ3n) is 3.64. The zero-order chi connectivity index (χ0) is 14.3. The molecule has 0 heterocycles. The van der Waals surface area contributed by atoms with Crippen LogP contribution in [0.3, 0.4) is 0 Å². The maximum absolute atomic E-state index is 3.52. The molecule has 0 saturated heterocycles. The Morgan fingerprint density at radius 3 is 2.21 bits per heavy atom. The second kappa shape index (κ2) is 8.21. The molecule has 0 fully saturated rings. The van der Waals surface area contributed by atoms with Gasteiger partial charge in [-0.2, -0.15) is 0 Å². The van der Waals surface area contributed by atoms with Crippen molar-refractivity contribution in [1.82, 2.24) is 5.32 Å². The molecule has 0 aromatic heterocycles. The van der Waals surface area contributed by atoms with Crippen LogP contribution >= 0.6 is 0 Å². The first-order valence-corrected chi connectivity index (χ1v) is 7.62.